The number of nitrogens with one attached hydrogen (secondary N) is 1. The number of hydrogen-bond donors (Lipinski definition) is 2. The van der Waals surface area contributed by atoms with Crippen LogP contribution < -0.4 is 5.32 Å². The molecule has 0 aromatic carbocycles. The van der Waals surface area contributed by atoms with Crippen LogP contribution in [0.1, 0.15) is 26.0 Å². The number of carbonyl (C=O) groups excluding carboxylic acids is 1. The summed E-state index contributed by atoms with van der Waals surface area (Å²) in [5.41, 5.74) is -0.0943. The first-order valence-electron chi connectivity index (χ1n) is 5.64. The molecule has 17 heavy (non-hydrogen) atoms. The highest BCUT2D eigenvalue weighted by atomic mass is 16.3. The van der Waals surface area contributed by atoms with Crippen molar-refractivity contribution in [3.63, 3.8) is 0 Å². The van der Waals surface area contributed by atoms with Crippen LogP contribution in [-0.4, -0.2) is 24.2 Å². The maximum atomic E-state index is 11.5. The molecule has 0 unspecified atom stereocenters. The van der Waals surface area contributed by atoms with Crippen LogP contribution in [-0.2, 0) is 4.79 Å². The lowest BCUT2D eigenvalue weighted by molar-refractivity contribution is -0.116. The van der Waals surface area contributed by atoms with Crippen molar-refractivity contribution < 1.29 is 14.3 Å². The first-order chi connectivity index (χ1) is 8.03. The van der Waals surface area contributed by atoms with Crippen molar-refractivity contribution in [2.24, 2.45) is 5.41 Å². The smallest absolute Gasteiger partial charge is 0.244 e. The Labute approximate surface area is 101 Å². The van der Waals surface area contributed by atoms with Crippen molar-refractivity contribution in [3.05, 3.63) is 30.2 Å². The average molecular weight is 237 g/mol. The molecule has 4 nitrogen and oxygen atoms in total. The van der Waals surface area contributed by atoms with Gasteiger partial charge >= 0.3 is 0 Å². The molecule has 0 fully saturated rings. The Hall–Kier alpha value is -1.55. The van der Waals surface area contributed by atoms with Crippen LogP contribution in [0, 0.1) is 5.41 Å². The number of hydrogen-bond acceptors (Lipinski definition) is 3. The summed E-state index contributed by atoms with van der Waals surface area (Å²) in [5.74, 6) is 0.488. The summed E-state index contributed by atoms with van der Waals surface area (Å²) in [6, 6.07) is 3.54. The third-order valence-corrected chi connectivity index (χ3v) is 2.47. The summed E-state index contributed by atoms with van der Waals surface area (Å²) >= 11 is 0. The molecule has 0 saturated carbocycles. The van der Waals surface area contributed by atoms with Gasteiger partial charge in [0.15, 0.2) is 0 Å². The predicted molar refractivity (Wildman–Crippen MR) is 66.2 cm³/mol. The lowest BCUT2D eigenvalue weighted by atomic mass is 9.90. The van der Waals surface area contributed by atoms with Gasteiger partial charge < -0.3 is 14.8 Å². The molecule has 0 spiro atoms. The van der Waals surface area contributed by atoms with E-state index in [9.17, 15) is 4.79 Å². The van der Waals surface area contributed by atoms with Crippen molar-refractivity contribution in [1.82, 2.24) is 5.32 Å². The highest BCUT2D eigenvalue weighted by Gasteiger charge is 2.17. The van der Waals surface area contributed by atoms with E-state index in [0.717, 1.165) is 0 Å². The maximum absolute atomic E-state index is 11.5. The van der Waals surface area contributed by atoms with Crippen LogP contribution in [0.3, 0.4) is 0 Å². The van der Waals surface area contributed by atoms with Gasteiger partial charge in [-0.05, 0) is 30.0 Å². The summed E-state index contributed by atoms with van der Waals surface area (Å²) in [6.45, 7) is 4.67. The predicted octanol–water partition coefficient (Wildman–Crippen LogP) is 1.82. The average Bonchev–Trinajstić information content (AvgIpc) is 2.76. The topological polar surface area (TPSA) is 62.5 Å². The second-order valence-electron chi connectivity index (χ2n) is 4.70. The molecular weight excluding hydrogens is 218 g/mol. The van der Waals surface area contributed by atoms with Crippen molar-refractivity contribution in [2.75, 3.05) is 13.2 Å². The van der Waals surface area contributed by atoms with E-state index in [4.69, 9.17) is 9.52 Å². The van der Waals surface area contributed by atoms with Gasteiger partial charge in [0.25, 0.3) is 0 Å². The molecule has 2 N–H and O–H groups in total. The first-order valence-corrected chi connectivity index (χ1v) is 5.64. The summed E-state index contributed by atoms with van der Waals surface area (Å²) in [5, 5.41) is 11.6. The molecule has 1 aromatic rings. The van der Waals surface area contributed by atoms with Crippen molar-refractivity contribution in [1.29, 1.82) is 0 Å². The standard InChI is InChI=1S/C13H19NO3/c1-13(2,7-8-15)10-14-12(16)6-5-11-4-3-9-17-11/h3-6,9,15H,7-8,10H2,1-2H3,(H,14,16)/b6-5+. The second kappa shape index (κ2) is 6.25. The zero-order chi connectivity index (χ0) is 12.7. The lowest BCUT2D eigenvalue weighted by Gasteiger charge is -2.23. The maximum Gasteiger partial charge on any atom is 0.244 e. The number of aliphatic hydroxyl groups is 1. The van der Waals surface area contributed by atoms with Gasteiger partial charge in [0, 0.05) is 19.2 Å². The normalized spacial score (nSPS) is 11.9. The summed E-state index contributed by atoms with van der Waals surface area (Å²) < 4.78 is 5.07. The molecule has 0 saturated heterocycles. The molecule has 0 atom stereocenters. The monoisotopic (exact) mass is 237 g/mol. The Morgan fingerprint density at radius 1 is 1.59 bits per heavy atom. The molecule has 1 rings (SSSR count). The van der Waals surface area contributed by atoms with Gasteiger partial charge in [0.1, 0.15) is 5.76 Å². The molecule has 0 aliphatic heterocycles. The molecule has 0 radical (unpaired) electrons. The third kappa shape index (κ3) is 5.36. The minimum absolute atomic E-state index is 0.0943. The first kappa shape index (κ1) is 13.5. The Kier molecular flexibility index (Phi) is 4.97. The number of aliphatic hydroxyl groups excluding tert-OH is 1. The highest BCUT2D eigenvalue weighted by molar-refractivity contribution is 5.91. The quantitative estimate of drug-likeness (QED) is 0.742. The van der Waals surface area contributed by atoms with Gasteiger partial charge in [-0.3, -0.25) is 4.79 Å². The van der Waals surface area contributed by atoms with Crippen LogP contribution in [0.15, 0.2) is 28.9 Å². The van der Waals surface area contributed by atoms with Gasteiger partial charge in [0.2, 0.25) is 5.91 Å². The molecule has 0 aliphatic rings. The van der Waals surface area contributed by atoms with Crippen LogP contribution in [0.4, 0.5) is 0 Å². The fraction of sp³-hybridized carbons (Fsp3) is 0.462. The molecule has 1 heterocycles. The van der Waals surface area contributed by atoms with Crippen LogP contribution in [0.25, 0.3) is 6.08 Å². The minimum Gasteiger partial charge on any atom is -0.465 e. The Morgan fingerprint density at radius 2 is 2.35 bits per heavy atom. The van der Waals surface area contributed by atoms with E-state index in [0.29, 0.717) is 18.7 Å². The zero-order valence-corrected chi connectivity index (χ0v) is 10.3. The summed E-state index contributed by atoms with van der Waals surface area (Å²) in [4.78, 5) is 11.5. The SMILES string of the molecule is CC(C)(CCO)CNC(=O)/C=C/c1ccco1. The highest BCUT2D eigenvalue weighted by Crippen LogP contribution is 2.17. The van der Waals surface area contributed by atoms with E-state index in [-0.39, 0.29) is 17.9 Å². The van der Waals surface area contributed by atoms with Crippen molar-refractivity contribution in [3.8, 4) is 0 Å². The minimum atomic E-state index is -0.160. The number of furan rings is 1. The fourth-order valence-corrected chi connectivity index (χ4v) is 1.32. The van der Waals surface area contributed by atoms with Gasteiger partial charge in [-0.15, -0.1) is 0 Å². The number of rotatable bonds is 6. The van der Waals surface area contributed by atoms with Crippen molar-refractivity contribution in [2.45, 2.75) is 20.3 Å². The van der Waals surface area contributed by atoms with E-state index in [1.165, 1.54) is 6.08 Å². The molecule has 94 valence electrons. The van der Waals surface area contributed by atoms with E-state index in [2.05, 4.69) is 5.32 Å². The molecule has 0 aliphatic carbocycles. The number of carbonyl (C=O) groups is 1. The lowest BCUT2D eigenvalue weighted by Crippen LogP contribution is -2.33. The van der Waals surface area contributed by atoms with Gasteiger partial charge in [-0.25, -0.2) is 0 Å². The molecular formula is C13H19NO3. The van der Waals surface area contributed by atoms with E-state index >= 15 is 0 Å². The molecule has 0 bridgehead atoms. The zero-order valence-electron chi connectivity index (χ0n) is 10.3. The van der Waals surface area contributed by atoms with Gasteiger partial charge in [-0.1, -0.05) is 13.8 Å². The molecule has 1 aromatic heterocycles. The van der Waals surface area contributed by atoms with Gasteiger partial charge in [0.05, 0.1) is 6.26 Å². The van der Waals surface area contributed by atoms with Crippen LogP contribution in [0.2, 0.25) is 0 Å². The Bertz CT molecular complexity index is 366. The largest absolute Gasteiger partial charge is 0.465 e. The van der Waals surface area contributed by atoms with Crippen LogP contribution in [0.5, 0.6) is 0 Å². The van der Waals surface area contributed by atoms with Crippen molar-refractivity contribution >= 4 is 12.0 Å². The van der Waals surface area contributed by atoms with E-state index < -0.39 is 0 Å². The second-order valence-corrected chi connectivity index (χ2v) is 4.70. The summed E-state index contributed by atoms with van der Waals surface area (Å²) in [6.07, 6.45) is 5.28. The van der Waals surface area contributed by atoms with Crippen LogP contribution >= 0.6 is 0 Å². The molecule has 4 heteroatoms. The Balaban J connectivity index is 2.35. The molecule has 1 amide bonds. The fourth-order valence-electron chi connectivity index (χ4n) is 1.32. The number of amides is 1. The third-order valence-electron chi connectivity index (χ3n) is 2.47. The Morgan fingerprint density at radius 3 is 2.94 bits per heavy atom. The van der Waals surface area contributed by atoms with E-state index in [1.807, 2.05) is 13.8 Å². The summed E-state index contributed by atoms with van der Waals surface area (Å²) in [7, 11) is 0. The van der Waals surface area contributed by atoms with Gasteiger partial charge in [-0.2, -0.15) is 0 Å². The van der Waals surface area contributed by atoms with E-state index in [1.54, 1.807) is 24.5 Å².